The maximum Gasteiger partial charge on any atom is 0.265 e. The van der Waals surface area contributed by atoms with Crippen molar-refractivity contribution in [3.63, 3.8) is 0 Å². The van der Waals surface area contributed by atoms with E-state index in [1.54, 1.807) is 13.0 Å². The smallest absolute Gasteiger partial charge is 0.265 e. The first-order valence-corrected chi connectivity index (χ1v) is 14.4. The summed E-state index contributed by atoms with van der Waals surface area (Å²) in [5.74, 6) is -0.325. The summed E-state index contributed by atoms with van der Waals surface area (Å²) < 4.78 is 45.3. The Hall–Kier alpha value is -3.96. The van der Waals surface area contributed by atoms with E-state index in [0.29, 0.717) is 5.75 Å². The zero-order valence-corrected chi connectivity index (χ0v) is 25.4. The van der Waals surface area contributed by atoms with Gasteiger partial charge in [-0.05, 0) is 49.7 Å². The Morgan fingerprint density at radius 3 is 2.10 bits per heavy atom. The standard InChI is InChI=1S/C29H34ClN3O7S/c1-19-7-9-21(10-8-19)17-32(20(2)29(35)31-3)28(34)18-33(24-15-22(30)11-13-25(24)38-4)41(36,37)23-12-14-26(39-5)27(16-23)40-6/h7-16,20H,17-18H2,1-6H3,(H,31,35)/t20-/m0/s1. The SMILES string of the molecule is CNC(=O)[C@H](C)N(Cc1ccc(C)cc1)C(=O)CN(c1cc(Cl)ccc1OC)S(=O)(=O)c1ccc(OC)c(OC)c1. The lowest BCUT2D eigenvalue weighted by Gasteiger charge is -2.32. The number of benzene rings is 3. The number of likely N-dealkylation sites (N-methyl/N-ethyl adjacent to an activating group) is 1. The molecule has 0 unspecified atom stereocenters. The molecule has 2 amide bonds. The van der Waals surface area contributed by atoms with Gasteiger partial charge in [-0.15, -0.1) is 0 Å². The number of ether oxygens (including phenoxy) is 3. The number of methoxy groups -OCH3 is 3. The van der Waals surface area contributed by atoms with Gasteiger partial charge in [0, 0.05) is 24.7 Å². The third-order valence-electron chi connectivity index (χ3n) is 6.52. The van der Waals surface area contributed by atoms with Gasteiger partial charge in [0.1, 0.15) is 18.3 Å². The van der Waals surface area contributed by atoms with Gasteiger partial charge in [0.05, 0.1) is 31.9 Å². The summed E-state index contributed by atoms with van der Waals surface area (Å²) in [7, 11) is 1.27. The van der Waals surface area contributed by atoms with Crippen LogP contribution in [-0.2, 0) is 26.2 Å². The van der Waals surface area contributed by atoms with E-state index in [2.05, 4.69) is 5.32 Å². The third kappa shape index (κ3) is 7.22. The predicted octanol–water partition coefficient (Wildman–Crippen LogP) is 4.03. The fraction of sp³-hybridized carbons (Fsp3) is 0.310. The predicted molar refractivity (Wildman–Crippen MR) is 157 cm³/mol. The van der Waals surface area contributed by atoms with E-state index in [1.165, 1.54) is 63.6 Å². The van der Waals surface area contributed by atoms with E-state index in [1.807, 2.05) is 31.2 Å². The Balaban J connectivity index is 2.14. The first kappa shape index (κ1) is 31.6. The van der Waals surface area contributed by atoms with Crippen LogP contribution in [0.5, 0.6) is 17.2 Å². The van der Waals surface area contributed by atoms with Crippen LogP contribution < -0.4 is 23.8 Å². The van der Waals surface area contributed by atoms with Crippen molar-refractivity contribution in [2.24, 2.45) is 0 Å². The number of amides is 2. The molecule has 0 aliphatic heterocycles. The fourth-order valence-electron chi connectivity index (χ4n) is 4.16. The van der Waals surface area contributed by atoms with Crippen LogP contribution in [0, 0.1) is 6.92 Å². The lowest BCUT2D eigenvalue weighted by atomic mass is 10.1. The summed E-state index contributed by atoms with van der Waals surface area (Å²) in [5, 5.41) is 2.79. The first-order chi connectivity index (χ1) is 19.5. The van der Waals surface area contributed by atoms with Crippen molar-refractivity contribution < 1.29 is 32.2 Å². The lowest BCUT2D eigenvalue weighted by Crippen LogP contribution is -2.50. The van der Waals surface area contributed by atoms with Gasteiger partial charge < -0.3 is 24.4 Å². The molecule has 0 aliphatic carbocycles. The van der Waals surface area contributed by atoms with Crippen molar-refractivity contribution in [3.8, 4) is 17.2 Å². The second-order valence-electron chi connectivity index (χ2n) is 9.14. The molecule has 0 saturated heterocycles. The number of hydrogen-bond donors (Lipinski definition) is 1. The van der Waals surface area contributed by atoms with E-state index < -0.39 is 34.4 Å². The molecule has 0 fully saturated rings. The Kier molecular flexibility index (Phi) is 10.5. The molecule has 3 aromatic rings. The molecule has 3 rings (SSSR count). The van der Waals surface area contributed by atoms with Crippen LogP contribution in [-0.4, -0.2) is 66.1 Å². The van der Waals surface area contributed by atoms with Crippen LogP contribution in [0.15, 0.2) is 65.6 Å². The number of hydrogen-bond acceptors (Lipinski definition) is 7. The molecular weight excluding hydrogens is 570 g/mol. The van der Waals surface area contributed by atoms with Gasteiger partial charge in [-0.2, -0.15) is 0 Å². The van der Waals surface area contributed by atoms with Gasteiger partial charge in [-0.25, -0.2) is 8.42 Å². The Bertz CT molecular complexity index is 1500. The van der Waals surface area contributed by atoms with Crippen molar-refractivity contribution in [2.75, 3.05) is 39.2 Å². The molecule has 41 heavy (non-hydrogen) atoms. The van der Waals surface area contributed by atoms with Gasteiger partial charge in [0.15, 0.2) is 11.5 Å². The molecule has 1 atom stereocenters. The molecule has 0 saturated carbocycles. The summed E-state index contributed by atoms with van der Waals surface area (Å²) in [6.45, 7) is 2.94. The maximum absolute atomic E-state index is 14.2. The van der Waals surface area contributed by atoms with E-state index in [0.717, 1.165) is 15.4 Å². The highest BCUT2D eigenvalue weighted by atomic mass is 35.5. The quantitative estimate of drug-likeness (QED) is 0.332. The van der Waals surface area contributed by atoms with Crippen molar-refractivity contribution in [2.45, 2.75) is 31.3 Å². The summed E-state index contributed by atoms with van der Waals surface area (Å²) in [4.78, 5) is 27.8. The molecule has 220 valence electrons. The molecule has 0 aromatic heterocycles. The average molecular weight is 604 g/mol. The van der Waals surface area contributed by atoms with E-state index in [-0.39, 0.29) is 33.6 Å². The molecule has 0 radical (unpaired) electrons. The maximum atomic E-state index is 14.2. The molecule has 0 heterocycles. The van der Waals surface area contributed by atoms with Gasteiger partial charge in [-0.1, -0.05) is 41.4 Å². The van der Waals surface area contributed by atoms with E-state index >= 15 is 0 Å². The fourth-order valence-corrected chi connectivity index (χ4v) is 5.76. The largest absolute Gasteiger partial charge is 0.495 e. The van der Waals surface area contributed by atoms with Crippen LogP contribution in [0.2, 0.25) is 5.02 Å². The topological polar surface area (TPSA) is 114 Å². The Labute approximate surface area is 245 Å². The third-order valence-corrected chi connectivity index (χ3v) is 8.51. The minimum absolute atomic E-state index is 0.0472. The average Bonchev–Trinajstić information content (AvgIpc) is 2.98. The second-order valence-corrected chi connectivity index (χ2v) is 11.4. The number of nitrogens with zero attached hydrogens (tertiary/aromatic N) is 2. The van der Waals surface area contributed by atoms with E-state index in [9.17, 15) is 18.0 Å². The summed E-state index contributed by atoms with van der Waals surface area (Å²) >= 11 is 6.27. The van der Waals surface area contributed by atoms with Crippen molar-refractivity contribution in [3.05, 3.63) is 76.8 Å². The van der Waals surface area contributed by atoms with Gasteiger partial charge in [0.2, 0.25) is 11.8 Å². The van der Waals surface area contributed by atoms with Crippen molar-refractivity contribution >= 4 is 39.1 Å². The lowest BCUT2D eigenvalue weighted by molar-refractivity contribution is -0.139. The Morgan fingerprint density at radius 2 is 1.51 bits per heavy atom. The second kappa shape index (κ2) is 13.6. The molecule has 0 aliphatic rings. The molecule has 1 N–H and O–H groups in total. The number of sulfonamides is 1. The number of rotatable bonds is 12. The summed E-state index contributed by atoms with van der Waals surface area (Å²) in [6.07, 6.45) is 0. The van der Waals surface area contributed by atoms with Gasteiger partial charge in [0.25, 0.3) is 10.0 Å². The molecule has 10 nitrogen and oxygen atoms in total. The normalized spacial score (nSPS) is 11.8. The number of aryl methyl sites for hydroxylation is 1. The number of carbonyl (C=O) groups is 2. The molecule has 0 bridgehead atoms. The highest BCUT2D eigenvalue weighted by Crippen LogP contribution is 2.37. The first-order valence-electron chi connectivity index (χ1n) is 12.6. The highest BCUT2D eigenvalue weighted by Gasteiger charge is 2.34. The van der Waals surface area contributed by atoms with Gasteiger partial charge >= 0.3 is 0 Å². The highest BCUT2D eigenvalue weighted by molar-refractivity contribution is 7.92. The van der Waals surface area contributed by atoms with Crippen LogP contribution in [0.4, 0.5) is 5.69 Å². The number of halogens is 1. The number of carbonyl (C=O) groups excluding carboxylic acids is 2. The minimum Gasteiger partial charge on any atom is -0.495 e. The van der Waals surface area contributed by atoms with Crippen LogP contribution in [0.3, 0.4) is 0 Å². The van der Waals surface area contributed by atoms with Crippen molar-refractivity contribution in [1.82, 2.24) is 10.2 Å². The van der Waals surface area contributed by atoms with Crippen LogP contribution in [0.1, 0.15) is 18.1 Å². The zero-order chi connectivity index (χ0) is 30.3. The summed E-state index contributed by atoms with van der Waals surface area (Å²) in [5.41, 5.74) is 1.85. The van der Waals surface area contributed by atoms with E-state index in [4.69, 9.17) is 25.8 Å². The summed E-state index contributed by atoms with van der Waals surface area (Å²) in [6, 6.07) is 15.2. The van der Waals surface area contributed by atoms with Crippen LogP contribution in [0.25, 0.3) is 0 Å². The molecule has 12 heteroatoms. The number of nitrogens with one attached hydrogen (secondary N) is 1. The monoisotopic (exact) mass is 603 g/mol. The minimum atomic E-state index is -4.41. The number of anilines is 1. The molecule has 3 aromatic carbocycles. The van der Waals surface area contributed by atoms with Crippen molar-refractivity contribution in [1.29, 1.82) is 0 Å². The van der Waals surface area contributed by atoms with Crippen LogP contribution >= 0.6 is 11.6 Å². The molecular formula is C29H34ClN3O7S. The zero-order valence-electron chi connectivity index (χ0n) is 23.8. The molecule has 0 spiro atoms. The Morgan fingerprint density at radius 1 is 0.902 bits per heavy atom. The van der Waals surface area contributed by atoms with Gasteiger partial charge in [-0.3, -0.25) is 13.9 Å².